The van der Waals surface area contributed by atoms with E-state index < -0.39 is 10.8 Å². The molecule has 0 bridgehead atoms. The molecule has 1 N–H and O–H groups in total. The molecule has 8 nitrogen and oxygen atoms in total. The maximum Gasteiger partial charge on any atom is 0.269 e. The first-order valence-electron chi connectivity index (χ1n) is 7.88. The number of nitro groups is 1. The number of nitrogens with zero attached hydrogens (tertiary/aromatic N) is 3. The van der Waals surface area contributed by atoms with Crippen LogP contribution < -0.4 is 5.32 Å². The van der Waals surface area contributed by atoms with Gasteiger partial charge in [-0.05, 0) is 36.8 Å². The second kappa shape index (κ2) is 9.15. The number of amides is 1. The molecule has 2 aromatic rings. The molecule has 0 aliphatic carbocycles. The van der Waals surface area contributed by atoms with E-state index in [4.69, 9.17) is 4.74 Å². The van der Waals surface area contributed by atoms with E-state index in [1.54, 1.807) is 42.1 Å². The third-order valence-corrected chi connectivity index (χ3v) is 3.59. The van der Waals surface area contributed by atoms with Crippen molar-refractivity contribution >= 4 is 17.7 Å². The van der Waals surface area contributed by atoms with E-state index in [-0.39, 0.29) is 11.3 Å². The molecule has 0 unspecified atom stereocenters. The maximum atomic E-state index is 12.1. The van der Waals surface area contributed by atoms with Gasteiger partial charge in [-0.15, -0.1) is 0 Å². The topological polar surface area (TPSA) is 110 Å². The number of nitriles is 1. The smallest absolute Gasteiger partial charge is 0.269 e. The molecule has 1 aromatic heterocycles. The van der Waals surface area contributed by atoms with Crippen LogP contribution in [0, 0.1) is 21.4 Å². The molecule has 134 valence electrons. The van der Waals surface area contributed by atoms with Crippen LogP contribution in [-0.4, -0.2) is 35.7 Å². The van der Waals surface area contributed by atoms with Crippen LogP contribution in [-0.2, 0) is 9.53 Å². The molecule has 2 rings (SSSR count). The van der Waals surface area contributed by atoms with Gasteiger partial charge in [-0.2, -0.15) is 5.26 Å². The van der Waals surface area contributed by atoms with Gasteiger partial charge < -0.3 is 14.6 Å². The van der Waals surface area contributed by atoms with Crippen LogP contribution in [0.2, 0.25) is 0 Å². The summed E-state index contributed by atoms with van der Waals surface area (Å²) in [6.45, 7) is 0.934. The lowest BCUT2D eigenvalue weighted by molar-refractivity contribution is -0.384. The summed E-state index contributed by atoms with van der Waals surface area (Å²) >= 11 is 0. The average molecular weight is 354 g/mol. The number of carbonyl (C=O) groups is 1. The predicted molar refractivity (Wildman–Crippen MR) is 95.5 cm³/mol. The Morgan fingerprint density at radius 1 is 1.38 bits per heavy atom. The zero-order valence-electron chi connectivity index (χ0n) is 14.2. The number of benzene rings is 1. The average Bonchev–Trinajstić information content (AvgIpc) is 3.11. The minimum atomic E-state index is -0.470. The highest BCUT2D eigenvalue weighted by Crippen LogP contribution is 2.19. The highest BCUT2D eigenvalue weighted by Gasteiger charge is 2.11. The fraction of sp³-hybridized carbons (Fsp3) is 0.222. The molecule has 0 aliphatic heterocycles. The maximum absolute atomic E-state index is 12.1. The Labute approximate surface area is 150 Å². The predicted octanol–water partition coefficient (Wildman–Crippen LogP) is 2.45. The van der Waals surface area contributed by atoms with Crippen molar-refractivity contribution in [2.45, 2.75) is 6.42 Å². The molecule has 0 saturated heterocycles. The summed E-state index contributed by atoms with van der Waals surface area (Å²) in [6.07, 6.45) is 3.88. The number of hydrogen-bond donors (Lipinski definition) is 1. The van der Waals surface area contributed by atoms with E-state index >= 15 is 0 Å². The molecular weight excluding hydrogens is 336 g/mol. The largest absolute Gasteiger partial charge is 0.385 e. The lowest BCUT2D eigenvalue weighted by Crippen LogP contribution is -2.26. The molecule has 0 saturated carbocycles. The quantitative estimate of drug-likeness (QED) is 0.257. The number of rotatable bonds is 8. The summed E-state index contributed by atoms with van der Waals surface area (Å²) in [5.41, 5.74) is 1.27. The van der Waals surface area contributed by atoms with Crippen molar-refractivity contribution in [2.75, 3.05) is 20.3 Å². The zero-order valence-corrected chi connectivity index (χ0v) is 14.2. The van der Waals surface area contributed by atoms with Crippen LogP contribution in [0.5, 0.6) is 0 Å². The third-order valence-electron chi connectivity index (χ3n) is 3.59. The van der Waals surface area contributed by atoms with Crippen LogP contribution in [0.4, 0.5) is 5.69 Å². The summed E-state index contributed by atoms with van der Waals surface area (Å²) in [5.74, 6) is -0.458. The van der Waals surface area contributed by atoms with Gasteiger partial charge in [0, 0.05) is 50.0 Å². The van der Waals surface area contributed by atoms with Crippen molar-refractivity contribution in [3.05, 3.63) is 64.0 Å². The van der Waals surface area contributed by atoms with Crippen LogP contribution in [0.1, 0.15) is 12.1 Å². The Kier molecular flexibility index (Phi) is 6.65. The SMILES string of the molecule is COCCCNC(=O)/C(C#N)=C/c1cccn1-c1ccc([N+](=O)[O-])cc1. The second-order valence-corrected chi connectivity index (χ2v) is 5.35. The number of nitrogens with one attached hydrogen (secondary N) is 1. The number of aromatic nitrogens is 1. The first kappa shape index (κ1) is 18.9. The van der Waals surface area contributed by atoms with E-state index in [1.165, 1.54) is 18.2 Å². The fourth-order valence-corrected chi connectivity index (χ4v) is 2.29. The first-order valence-corrected chi connectivity index (χ1v) is 7.88. The lowest BCUT2D eigenvalue weighted by Gasteiger charge is -2.07. The van der Waals surface area contributed by atoms with E-state index in [1.807, 2.05) is 6.07 Å². The van der Waals surface area contributed by atoms with Crippen molar-refractivity contribution < 1.29 is 14.5 Å². The lowest BCUT2D eigenvalue weighted by atomic mass is 10.2. The number of carbonyl (C=O) groups excluding carboxylic acids is 1. The van der Waals surface area contributed by atoms with Gasteiger partial charge >= 0.3 is 0 Å². The van der Waals surface area contributed by atoms with Gasteiger partial charge in [0.15, 0.2) is 0 Å². The molecule has 0 fully saturated rings. The summed E-state index contributed by atoms with van der Waals surface area (Å²) in [5, 5.41) is 22.7. The summed E-state index contributed by atoms with van der Waals surface area (Å²) in [6, 6.07) is 11.4. The van der Waals surface area contributed by atoms with Crippen molar-refractivity contribution in [3.63, 3.8) is 0 Å². The Hall–Kier alpha value is -3.44. The van der Waals surface area contributed by atoms with Crippen LogP contribution in [0.15, 0.2) is 48.2 Å². The Morgan fingerprint density at radius 3 is 2.73 bits per heavy atom. The second-order valence-electron chi connectivity index (χ2n) is 5.35. The van der Waals surface area contributed by atoms with Gasteiger partial charge in [-0.1, -0.05) is 0 Å². The van der Waals surface area contributed by atoms with Crippen molar-refractivity contribution in [1.29, 1.82) is 5.26 Å². The van der Waals surface area contributed by atoms with Crippen molar-refractivity contribution in [3.8, 4) is 11.8 Å². The number of ether oxygens (including phenoxy) is 1. The van der Waals surface area contributed by atoms with Gasteiger partial charge in [-0.25, -0.2) is 0 Å². The minimum absolute atomic E-state index is 0.00820. The van der Waals surface area contributed by atoms with E-state index in [2.05, 4.69) is 5.32 Å². The molecule has 26 heavy (non-hydrogen) atoms. The molecule has 1 aromatic carbocycles. The summed E-state index contributed by atoms with van der Waals surface area (Å²) in [7, 11) is 1.58. The van der Waals surface area contributed by atoms with Crippen LogP contribution in [0.25, 0.3) is 11.8 Å². The molecule has 0 spiro atoms. The summed E-state index contributed by atoms with van der Waals surface area (Å²) in [4.78, 5) is 22.4. The van der Waals surface area contributed by atoms with E-state index in [0.717, 1.165) is 0 Å². The Bertz CT molecular complexity index is 847. The minimum Gasteiger partial charge on any atom is -0.385 e. The molecule has 0 aliphatic rings. The Morgan fingerprint density at radius 2 is 2.12 bits per heavy atom. The van der Waals surface area contributed by atoms with Crippen LogP contribution >= 0.6 is 0 Å². The molecule has 1 heterocycles. The molecule has 8 heteroatoms. The molecular formula is C18H18N4O4. The third kappa shape index (κ3) is 4.78. The standard InChI is InChI=1S/C18H18N4O4/c1-26-11-3-9-20-18(23)14(13-19)12-17-4-2-10-21(17)15-5-7-16(8-6-15)22(24)25/h2,4-8,10,12H,3,9,11H2,1H3,(H,20,23)/b14-12+. The zero-order chi connectivity index (χ0) is 18.9. The van der Waals surface area contributed by atoms with E-state index in [9.17, 15) is 20.2 Å². The number of hydrogen-bond acceptors (Lipinski definition) is 5. The highest BCUT2D eigenvalue weighted by atomic mass is 16.6. The fourth-order valence-electron chi connectivity index (χ4n) is 2.29. The molecule has 0 atom stereocenters. The van der Waals surface area contributed by atoms with Gasteiger partial charge in [0.2, 0.25) is 0 Å². The molecule has 0 radical (unpaired) electrons. The van der Waals surface area contributed by atoms with E-state index in [0.29, 0.717) is 31.0 Å². The monoisotopic (exact) mass is 354 g/mol. The number of nitro benzene ring substituents is 1. The number of methoxy groups -OCH3 is 1. The van der Waals surface area contributed by atoms with Crippen LogP contribution in [0.3, 0.4) is 0 Å². The van der Waals surface area contributed by atoms with Gasteiger partial charge in [0.05, 0.1) is 4.92 Å². The van der Waals surface area contributed by atoms with Crippen molar-refractivity contribution in [1.82, 2.24) is 9.88 Å². The number of non-ortho nitro benzene ring substituents is 1. The van der Waals surface area contributed by atoms with Gasteiger partial charge in [0.25, 0.3) is 11.6 Å². The van der Waals surface area contributed by atoms with Gasteiger partial charge in [-0.3, -0.25) is 14.9 Å². The van der Waals surface area contributed by atoms with Crippen molar-refractivity contribution in [2.24, 2.45) is 0 Å². The highest BCUT2D eigenvalue weighted by molar-refractivity contribution is 6.01. The first-order chi connectivity index (χ1) is 12.6. The summed E-state index contributed by atoms with van der Waals surface area (Å²) < 4.78 is 6.64. The molecule has 1 amide bonds. The van der Waals surface area contributed by atoms with Gasteiger partial charge in [0.1, 0.15) is 11.6 Å². The normalized spacial score (nSPS) is 11.0. The Balaban J connectivity index is 2.20.